The highest BCUT2D eigenvalue weighted by Crippen LogP contribution is 2.41. The molecule has 1 saturated carbocycles. The molecule has 0 radical (unpaired) electrons. The van der Waals surface area contributed by atoms with Gasteiger partial charge in [-0.1, -0.05) is 34.1 Å². The van der Waals surface area contributed by atoms with E-state index in [9.17, 15) is 0 Å². The normalized spacial score (nSPS) is 27.8. The average molecular weight is 277 g/mol. The minimum Gasteiger partial charge on any atom is -0.338 e. The molecule has 1 aliphatic rings. The van der Waals surface area contributed by atoms with Gasteiger partial charge in [0.2, 0.25) is 0 Å². The van der Waals surface area contributed by atoms with Crippen molar-refractivity contribution >= 4 is 0 Å². The van der Waals surface area contributed by atoms with E-state index < -0.39 is 0 Å². The van der Waals surface area contributed by atoms with Gasteiger partial charge in [-0.2, -0.15) is 0 Å². The van der Waals surface area contributed by atoms with Gasteiger partial charge in [0.15, 0.2) is 0 Å². The highest BCUT2D eigenvalue weighted by Gasteiger charge is 2.41. The highest BCUT2D eigenvalue weighted by atomic mass is 15.1. The van der Waals surface area contributed by atoms with Crippen molar-refractivity contribution in [2.24, 2.45) is 18.9 Å². The van der Waals surface area contributed by atoms with E-state index in [4.69, 9.17) is 0 Å². The summed E-state index contributed by atoms with van der Waals surface area (Å²) in [7, 11) is 2.12. The quantitative estimate of drug-likeness (QED) is 0.892. The van der Waals surface area contributed by atoms with Gasteiger partial charge >= 0.3 is 0 Å². The summed E-state index contributed by atoms with van der Waals surface area (Å²) < 4.78 is 2.19. The third-order valence-corrected chi connectivity index (χ3v) is 5.09. The van der Waals surface area contributed by atoms with Gasteiger partial charge in [-0.25, -0.2) is 4.98 Å². The molecule has 1 aliphatic carbocycles. The zero-order valence-electron chi connectivity index (χ0n) is 13.8. The third-order valence-electron chi connectivity index (χ3n) is 5.09. The Morgan fingerprint density at radius 2 is 2.15 bits per heavy atom. The predicted molar refractivity (Wildman–Crippen MR) is 84.8 cm³/mol. The van der Waals surface area contributed by atoms with Gasteiger partial charge < -0.3 is 9.88 Å². The molecule has 3 atom stereocenters. The largest absolute Gasteiger partial charge is 0.338 e. The molecule has 0 aromatic carbocycles. The lowest BCUT2D eigenvalue weighted by molar-refractivity contribution is 0.138. The molecule has 1 N–H and O–H groups in total. The second-order valence-corrected chi connectivity index (χ2v) is 7.17. The van der Waals surface area contributed by atoms with E-state index in [0.29, 0.717) is 12.0 Å². The van der Waals surface area contributed by atoms with Gasteiger partial charge in [0.05, 0.1) is 0 Å². The molecule has 1 fully saturated rings. The van der Waals surface area contributed by atoms with E-state index in [1.807, 2.05) is 6.20 Å². The Hall–Kier alpha value is -0.830. The summed E-state index contributed by atoms with van der Waals surface area (Å²) in [5.41, 5.74) is 0.129. The first kappa shape index (κ1) is 15.6. The van der Waals surface area contributed by atoms with Crippen molar-refractivity contribution in [3.8, 4) is 0 Å². The summed E-state index contributed by atoms with van der Waals surface area (Å²) in [6.07, 6.45) is 9.16. The van der Waals surface area contributed by atoms with Crippen LogP contribution in [0.25, 0.3) is 0 Å². The highest BCUT2D eigenvalue weighted by molar-refractivity contribution is 5.12. The summed E-state index contributed by atoms with van der Waals surface area (Å²) in [5.74, 6) is 2.74. The first-order valence-corrected chi connectivity index (χ1v) is 8.18. The molecular weight excluding hydrogens is 246 g/mol. The van der Waals surface area contributed by atoms with Crippen molar-refractivity contribution < 1.29 is 0 Å². The number of imidazole rings is 1. The fourth-order valence-corrected chi connectivity index (χ4v) is 3.95. The van der Waals surface area contributed by atoms with Crippen LogP contribution >= 0.6 is 0 Å². The monoisotopic (exact) mass is 277 g/mol. The zero-order chi connectivity index (χ0) is 14.8. The summed E-state index contributed by atoms with van der Waals surface area (Å²) in [6, 6.07) is 0.630. The maximum absolute atomic E-state index is 4.63. The molecule has 0 amide bonds. The summed E-state index contributed by atoms with van der Waals surface area (Å²) in [4.78, 5) is 4.63. The average Bonchev–Trinajstić information content (AvgIpc) is 2.83. The van der Waals surface area contributed by atoms with E-state index in [2.05, 4.69) is 55.8 Å². The summed E-state index contributed by atoms with van der Waals surface area (Å²) in [5, 5.41) is 3.80. The maximum Gasteiger partial charge on any atom is 0.114 e. The van der Waals surface area contributed by atoms with Crippen molar-refractivity contribution in [1.82, 2.24) is 14.9 Å². The molecule has 0 saturated heterocycles. The lowest BCUT2D eigenvalue weighted by atomic mass is 9.66. The molecule has 0 spiro atoms. The minimum absolute atomic E-state index is 0.129. The van der Waals surface area contributed by atoms with Gasteiger partial charge in [-0.15, -0.1) is 0 Å². The smallest absolute Gasteiger partial charge is 0.114 e. The Morgan fingerprint density at radius 1 is 1.40 bits per heavy atom. The number of nitrogens with one attached hydrogen (secondary N) is 1. The molecule has 0 bridgehead atoms. The van der Waals surface area contributed by atoms with Crippen molar-refractivity contribution in [3.63, 3.8) is 0 Å². The Morgan fingerprint density at radius 3 is 2.75 bits per heavy atom. The molecule has 0 aliphatic heterocycles. The van der Waals surface area contributed by atoms with E-state index >= 15 is 0 Å². The number of aromatic nitrogens is 2. The van der Waals surface area contributed by atoms with E-state index in [1.165, 1.54) is 31.5 Å². The molecule has 114 valence electrons. The van der Waals surface area contributed by atoms with Gasteiger partial charge in [-0.05, 0) is 37.6 Å². The van der Waals surface area contributed by atoms with Crippen molar-refractivity contribution in [2.75, 3.05) is 6.54 Å². The van der Waals surface area contributed by atoms with E-state index in [1.54, 1.807) is 0 Å². The van der Waals surface area contributed by atoms with Gasteiger partial charge in [0, 0.05) is 30.9 Å². The van der Waals surface area contributed by atoms with Crippen LogP contribution in [0.5, 0.6) is 0 Å². The second-order valence-electron chi connectivity index (χ2n) is 7.17. The van der Waals surface area contributed by atoms with E-state index in [0.717, 1.165) is 12.5 Å². The molecule has 3 nitrogen and oxygen atoms in total. The Kier molecular flexibility index (Phi) is 4.90. The van der Waals surface area contributed by atoms with Crippen LogP contribution in [0.1, 0.15) is 59.2 Å². The number of rotatable bonds is 5. The topological polar surface area (TPSA) is 29.9 Å². The second kappa shape index (κ2) is 6.30. The third kappa shape index (κ3) is 3.08. The lowest BCUT2D eigenvalue weighted by Gasteiger charge is -2.44. The fraction of sp³-hybridized carbons (Fsp3) is 0.824. The molecule has 3 heteroatoms. The van der Waals surface area contributed by atoms with Crippen molar-refractivity contribution in [1.29, 1.82) is 0 Å². The Bertz CT molecular complexity index is 422. The van der Waals surface area contributed by atoms with Crippen LogP contribution < -0.4 is 5.32 Å². The molecule has 1 aromatic heterocycles. The Balaban J connectivity index is 2.20. The summed E-state index contributed by atoms with van der Waals surface area (Å²) >= 11 is 0. The molecule has 2 rings (SSSR count). The number of aryl methyl sites for hydroxylation is 1. The van der Waals surface area contributed by atoms with Crippen LogP contribution in [0.3, 0.4) is 0 Å². The zero-order valence-corrected chi connectivity index (χ0v) is 13.8. The van der Waals surface area contributed by atoms with Crippen LogP contribution in [0, 0.1) is 11.8 Å². The van der Waals surface area contributed by atoms with Gasteiger partial charge in [-0.3, -0.25) is 0 Å². The van der Waals surface area contributed by atoms with Crippen LogP contribution in [0.4, 0.5) is 0 Å². The number of hydrogen-bond donors (Lipinski definition) is 1. The molecule has 3 unspecified atom stereocenters. The van der Waals surface area contributed by atoms with Gasteiger partial charge in [0.25, 0.3) is 0 Å². The predicted octanol–water partition coefficient (Wildman–Crippen LogP) is 3.50. The summed E-state index contributed by atoms with van der Waals surface area (Å²) in [6.45, 7) is 10.5. The molecular formula is C17H31N3. The van der Waals surface area contributed by atoms with Gasteiger partial charge in [0.1, 0.15) is 5.82 Å². The van der Waals surface area contributed by atoms with Crippen LogP contribution in [0.2, 0.25) is 0 Å². The van der Waals surface area contributed by atoms with Crippen LogP contribution in [-0.2, 0) is 12.5 Å². The number of nitrogens with zero attached hydrogens (tertiary/aromatic N) is 2. The molecule has 1 aromatic rings. The Labute approximate surface area is 124 Å². The van der Waals surface area contributed by atoms with Crippen LogP contribution in [0.15, 0.2) is 12.4 Å². The number of hydrogen-bond acceptors (Lipinski definition) is 2. The van der Waals surface area contributed by atoms with Crippen LogP contribution in [-0.4, -0.2) is 22.1 Å². The minimum atomic E-state index is 0.129. The lowest BCUT2D eigenvalue weighted by Crippen LogP contribution is -2.49. The maximum atomic E-state index is 4.63. The fourth-order valence-electron chi connectivity index (χ4n) is 3.95. The first-order valence-electron chi connectivity index (χ1n) is 8.18. The van der Waals surface area contributed by atoms with Crippen molar-refractivity contribution in [3.05, 3.63) is 18.2 Å². The molecule has 1 heterocycles. The first-order chi connectivity index (χ1) is 9.46. The van der Waals surface area contributed by atoms with Crippen molar-refractivity contribution in [2.45, 2.75) is 64.8 Å². The molecule has 20 heavy (non-hydrogen) atoms. The SMILES string of the molecule is CCCNC1CC(C)CCC1C(C)(C)c1nccn1C. The van der Waals surface area contributed by atoms with E-state index in [-0.39, 0.29) is 5.41 Å². The standard InChI is InChI=1S/C17H31N3/c1-6-9-18-15-12-13(2)7-8-14(15)17(3,4)16-19-10-11-20(16)5/h10-11,13-15,18H,6-9,12H2,1-5H3.